The second-order valence-corrected chi connectivity index (χ2v) is 4.52. The third-order valence-electron chi connectivity index (χ3n) is 2.28. The topological polar surface area (TPSA) is 35.0 Å². The number of ether oxygens (including phenoxy) is 1. The molecule has 2 rings (SSSR count). The SMILES string of the molecule is COc1cnc(-c2ccc(SC)cc2)nc1Cl. The van der Waals surface area contributed by atoms with Crippen molar-refractivity contribution < 1.29 is 4.74 Å². The maximum Gasteiger partial charge on any atom is 0.175 e. The number of hydrogen-bond donors (Lipinski definition) is 0. The van der Waals surface area contributed by atoms with Crippen LogP contribution in [0.25, 0.3) is 11.4 Å². The highest BCUT2D eigenvalue weighted by atomic mass is 35.5. The number of hydrogen-bond acceptors (Lipinski definition) is 4. The lowest BCUT2D eigenvalue weighted by Crippen LogP contribution is -1.93. The number of thioether (sulfide) groups is 1. The Balaban J connectivity index is 2.35. The highest BCUT2D eigenvalue weighted by Crippen LogP contribution is 2.25. The van der Waals surface area contributed by atoms with Crippen molar-refractivity contribution in [3.8, 4) is 17.1 Å². The van der Waals surface area contributed by atoms with Gasteiger partial charge in [0.25, 0.3) is 0 Å². The van der Waals surface area contributed by atoms with Gasteiger partial charge < -0.3 is 4.74 Å². The van der Waals surface area contributed by atoms with Crippen LogP contribution in [0.15, 0.2) is 35.4 Å². The second-order valence-electron chi connectivity index (χ2n) is 3.28. The van der Waals surface area contributed by atoms with Gasteiger partial charge in [-0.1, -0.05) is 23.7 Å². The lowest BCUT2D eigenvalue weighted by molar-refractivity contribution is 0.411. The summed E-state index contributed by atoms with van der Waals surface area (Å²) in [7, 11) is 1.54. The third-order valence-corrected chi connectivity index (χ3v) is 3.29. The lowest BCUT2D eigenvalue weighted by Gasteiger charge is -2.04. The van der Waals surface area contributed by atoms with Gasteiger partial charge in [-0.15, -0.1) is 11.8 Å². The van der Waals surface area contributed by atoms with Crippen LogP contribution in [0.3, 0.4) is 0 Å². The summed E-state index contributed by atoms with van der Waals surface area (Å²) in [5, 5.41) is 0.325. The first kappa shape index (κ1) is 12.2. The largest absolute Gasteiger partial charge is 0.492 e. The quantitative estimate of drug-likeness (QED) is 0.629. The lowest BCUT2D eigenvalue weighted by atomic mass is 10.2. The highest BCUT2D eigenvalue weighted by Gasteiger charge is 2.06. The van der Waals surface area contributed by atoms with E-state index in [1.165, 1.54) is 12.0 Å². The predicted octanol–water partition coefficient (Wildman–Crippen LogP) is 3.53. The summed E-state index contributed by atoms with van der Waals surface area (Å²) in [6.45, 7) is 0. The van der Waals surface area contributed by atoms with Gasteiger partial charge >= 0.3 is 0 Å². The minimum Gasteiger partial charge on any atom is -0.492 e. The number of halogens is 1. The van der Waals surface area contributed by atoms with Crippen LogP contribution in [0.5, 0.6) is 5.75 Å². The molecular weight excluding hydrogens is 256 g/mol. The Morgan fingerprint density at radius 1 is 1.24 bits per heavy atom. The predicted molar refractivity (Wildman–Crippen MR) is 70.8 cm³/mol. The number of rotatable bonds is 3. The molecule has 0 unspecified atom stereocenters. The van der Waals surface area contributed by atoms with Crippen LogP contribution in [0.1, 0.15) is 0 Å². The molecule has 0 aliphatic heterocycles. The average molecular weight is 267 g/mol. The first-order valence-corrected chi connectivity index (χ1v) is 6.56. The second kappa shape index (κ2) is 5.38. The van der Waals surface area contributed by atoms with Crippen LogP contribution in [0, 0.1) is 0 Å². The molecule has 0 amide bonds. The van der Waals surface area contributed by atoms with E-state index < -0.39 is 0 Å². The molecule has 0 aliphatic carbocycles. The van der Waals surface area contributed by atoms with Crippen LogP contribution in [0.4, 0.5) is 0 Å². The Bertz CT molecular complexity index is 516. The Morgan fingerprint density at radius 2 is 1.94 bits per heavy atom. The van der Waals surface area contributed by atoms with E-state index in [4.69, 9.17) is 16.3 Å². The van der Waals surface area contributed by atoms with Crippen molar-refractivity contribution in [1.29, 1.82) is 0 Å². The number of benzene rings is 1. The van der Waals surface area contributed by atoms with Gasteiger partial charge in [-0.3, -0.25) is 0 Å². The summed E-state index contributed by atoms with van der Waals surface area (Å²) in [6.07, 6.45) is 3.61. The standard InChI is InChI=1S/C12H11ClN2OS/c1-16-10-7-14-12(15-11(10)13)8-3-5-9(17-2)6-4-8/h3-7H,1-2H3. The molecule has 1 aromatic carbocycles. The molecule has 0 aliphatic rings. The molecule has 5 heteroatoms. The van der Waals surface area contributed by atoms with Gasteiger partial charge in [-0.25, -0.2) is 9.97 Å². The molecule has 2 aromatic rings. The molecule has 88 valence electrons. The fourth-order valence-electron chi connectivity index (χ4n) is 1.37. The van der Waals surface area contributed by atoms with E-state index in [0.29, 0.717) is 16.7 Å². The molecule has 0 spiro atoms. The van der Waals surface area contributed by atoms with Crippen molar-refractivity contribution >= 4 is 23.4 Å². The van der Waals surface area contributed by atoms with Gasteiger partial charge in [0, 0.05) is 10.5 Å². The van der Waals surface area contributed by atoms with Gasteiger partial charge in [-0.2, -0.15) is 0 Å². The summed E-state index contributed by atoms with van der Waals surface area (Å²) < 4.78 is 5.01. The minimum atomic E-state index is 0.325. The van der Waals surface area contributed by atoms with Crippen molar-refractivity contribution in [2.45, 2.75) is 4.90 Å². The van der Waals surface area contributed by atoms with Crippen LogP contribution in [-0.2, 0) is 0 Å². The molecule has 0 atom stereocenters. The van der Waals surface area contributed by atoms with E-state index in [9.17, 15) is 0 Å². The third kappa shape index (κ3) is 2.70. The zero-order chi connectivity index (χ0) is 12.3. The highest BCUT2D eigenvalue weighted by molar-refractivity contribution is 7.98. The molecule has 0 saturated heterocycles. The fraction of sp³-hybridized carbons (Fsp3) is 0.167. The van der Waals surface area contributed by atoms with Gasteiger partial charge in [0.05, 0.1) is 13.3 Å². The van der Waals surface area contributed by atoms with E-state index in [0.717, 1.165) is 5.56 Å². The van der Waals surface area contributed by atoms with Crippen LogP contribution >= 0.6 is 23.4 Å². The molecule has 0 N–H and O–H groups in total. The van der Waals surface area contributed by atoms with E-state index in [1.807, 2.05) is 30.5 Å². The molecule has 0 bridgehead atoms. The van der Waals surface area contributed by atoms with E-state index in [2.05, 4.69) is 9.97 Å². The molecule has 0 radical (unpaired) electrons. The van der Waals surface area contributed by atoms with Crippen molar-refractivity contribution in [3.63, 3.8) is 0 Å². The molecular formula is C12H11ClN2OS. The summed E-state index contributed by atoms with van der Waals surface area (Å²) in [5.41, 5.74) is 0.937. The summed E-state index contributed by atoms with van der Waals surface area (Å²) >= 11 is 7.65. The molecule has 1 aromatic heterocycles. The zero-order valence-corrected chi connectivity index (χ0v) is 11.0. The van der Waals surface area contributed by atoms with Crippen molar-refractivity contribution in [1.82, 2.24) is 9.97 Å². The monoisotopic (exact) mass is 266 g/mol. The Hall–Kier alpha value is -1.26. The normalized spacial score (nSPS) is 10.3. The van der Waals surface area contributed by atoms with Gasteiger partial charge in [-0.05, 0) is 18.4 Å². The van der Waals surface area contributed by atoms with Gasteiger partial charge in [0.1, 0.15) is 0 Å². The first-order chi connectivity index (χ1) is 8.24. The maximum absolute atomic E-state index is 5.96. The summed E-state index contributed by atoms with van der Waals surface area (Å²) in [5.74, 6) is 1.08. The Kier molecular flexibility index (Phi) is 3.86. The van der Waals surface area contributed by atoms with Gasteiger partial charge in [0.15, 0.2) is 16.7 Å². The Morgan fingerprint density at radius 3 is 2.47 bits per heavy atom. The fourth-order valence-corrected chi connectivity index (χ4v) is 1.98. The number of aromatic nitrogens is 2. The average Bonchev–Trinajstić information content (AvgIpc) is 2.39. The molecule has 17 heavy (non-hydrogen) atoms. The minimum absolute atomic E-state index is 0.325. The van der Waals surface area contributed by atoms with Crippen LogP contribution in [-0.4, -0.2) is 23.3 Å². The van der Waals surface area contributed by atoms with Crippen molar-refractivity contribution in [3.05, 3.63) is 35.6 Å². The van der Waals surface area contributed by atoms with E-state index in [-0.39, 0.29) is 0 Å². The van der Waals surface area contributed by atoms with Crippen LogP contribution in [0.2, 0.25) is 5.15 Å². The Labute approximate surface area is 109 Å². The zero-order valence-electron chi connectivity index (χ0n) is 9.48. The van der Waals surface area contributed by atoms with E-state index >= 15 is 0 Å². The van der Waals surface area contributed by atoms with Crippen LogP contribution < -0.4 is 4.74 Å². The summed E-state index contributed by atoms with van der Waals surface area (Å²) in [4.78, 5) is 9.60. The molecule has 0 saturated carbocycles. The van der Waals surface area contributed by atoms with Crippen molar-refractivity contribution in [2.75, 3.05) is 13.4 Å². The van der Waals surface area contributed by atoms with Crippen molar-refractivity contribution in [2.24, 2.45) is 0 Å². The molecule has 0 fully saturated rings. The van der Waals surface area contributed by atoms with E-state index in [1.54, 1.807) is 18.0 Å². The first-order valence-electron chi connectivity index (χ1n) is 4.95. The summed E-state index contributed by atoms with van der Waals surface area (Å²) in [6, 6.07) is 8.01. The number of methoxy groups -OCH3 is 1. The number of nitrogens with zero attached hydrogens (tertiary/aromatic N) is 2. The van der Waals surface area contributed by atoms with Gasteiger partial charge in [0.2, 0.25) is 0 Å². The molecule has 1 heterocycles. The maximum atomic E-state index is 5.96. The smallest absolute Gasteiger partial charge is 0.175 e. The molecule has 3 nitrogen and oxygen atoms in total.